The molecule has 0 saturated carbocycles. The number of hydrogen-bond donors (Lipinski definition) is 10. The van der Waals surface area contributed by atoms with Gasteiger partial charge >= 0.3 is 12.4 Å². The van der Waals surface area contributed by atoms with Gasteiger partial charge in [0.1, 0.15) is 60.4 Å². The van der Waals surface area contributed by atoms with Crippen LogP contribution in [0.25, 0.3) is 0 Å². The second-order valence-corrected chi connectivity index (χ2v) is 24.4. The number of halogens is 6. The molecule has 10 amide bonds. The summed E-state index contributed by atoms with van der Waals surface area (Å²) in [5.74, 6) is -10.7. The first-order chi connectivity index (χ1) is 44.6. The van der Waals surface area contributed by atoms with Crippen LogP contribution in [0.5, 0.6) is 0 Å². The van der Waals surface area contributed by atoms with Crippen molar-refractivity contribution >= 4 is 59.1 Å². The van der Waals surface area contributed by atoms with Gasteiger partial charge < -0.3 is 63.8 Å². The molecule has 28 heteroatoms. The number of hydrogen-bond acceptors (Lipinski definition) is 12. The molecule has 4 aromatic rings. The summed E-state index contributed by atoms with van der Waals surface area (Å²) < 4.78 is 84.0. The molecule has 3 saturated heterocycles. The molecule has 0 bridgehead atoms. The van der Waals surface area contributed by atoms with Crippen LogP contribution < -0.4 is 54.0 Å². The molecule has 10 atom stereocenters. The number of alkyl halides is 6. The summed E-state index contributed by atoms with van der Waals surface area (Å²) >= 11 is 0. The first-order valence-electron chi connectivity index (χ1n) is 31.5. The number of fused-ring (bicyclic) bond motifs is 2. The van der Waals surface area contributed by atoms with E-state index in [0.717, 1.165) is 24.3 Å². The number of amides is 10. The van der Waals surface area contributed by atoms with Crippen LogP contribution in [0.15, 0.2) is 109 Å². The Kier molecular flexibility index (Phi) is 25.3. The van der Waals surface area contributed by atoms with Crippen molar-refractivity contribution < 1.29 is 74.3 Å². The van der Waals surface area contributed by atoms with Crippen LogP contribution in [0.4, 0.5) is 26.3 Å². The van der Waals surface area contributed by atoms with E-state index in [1.54, 1.807) is 88.4 Å². The molecule has 3 aliphatic rings. The van der Waals surface area contributed by atoms with Crippen LogP contribution in [-0.4, -0.2) is 143 Å². The summed E-state index contributed by atoms with van der Waals surface area (Å²) in [7, 11) is 0. The molecule has 22 nitrogen and oxygen atoms in total. The molecular formula is C66H82F6N12O10. The van der Waals surface area contributed by atoms with Crippen molar-refractivity contribution in [2.75, 3.05) is 26.2 Å². The molecule has 4 aromatic carbocycles. The molecule has 0 aromatic heterocycles. The highest BCUT2D eigenvalue weighted by Crippen LogP contribution is 2.32. The first-order valence-corrected chi connectivity index (χ1v) is 31.5. The van der Waals surface area contributed by atoms with Crippen molar-refractivity contribution in [1.82, 2.24) is 52.3 Å². The van der Waals surface area contributed by atoms with Crippen LogP contribution in [0.2, 0.25) is 0 Å². The minimum atomic E-state index is -4.82. The van der Waals surface area contributed by atoms with Crippen LogP contribution in [-0.2, 0) is 73.1 Å². The highest BCUT2D eigenvalue weighted by Gasteiger charge is 2.44. The summed E-state index contributed by atoms with van der Waals surface area (Å²) in [5, 5.41) is 21.2. The molecule has 12 N–H and O–H groups in total. The van der Waals surface area contributed by atoms with Crippen molar-refractivity contribution in [3.05, 3.63) is 143 Å². The Hall–Kier alpha value is -8.92. The fourth-order valence-corrected chi connectivity index (χ4v) is 11.7. The SMILES string of the molecule is CC(C)[C@@H]1NC(=O)[C@@H]2CCCN2C(=O)[C@@H](Cc2ccccc2)NC(=O)C(c2ccc(C(F)(F)F)cc2)NC(=O)[C@H](CCCN)NC(=O)[C@H](C(C)C)NC(=O)[C@@H]2CCCN2C(=O)[C@@H](Cc2ccccc2)NC(=O)C(c2ccc(C(F)(F)F)cc2)NC(=O)[C@H](CCCN)NC1=O. The fourth-order valence-electron chi connectivity index (χ4n) is 11.7. The maximum Gasteiger partial charge on any atom is 0.416 e. The standard InChI is InChI=1S/C66H82F6N12O10/c1-37(2)51-59(89)75-45(19-11-31-73)55(85)81-53(41-23-27-43(28-24-41)65(67,68)69)61(91)78-48(36-40-17-9-6-10-18-40)64(94)84-34-14-22-50(84)58(88)80-52(38(3)4)60(90)76-46(20-12-32-74)56(86)82-54(42-25-29-44(30-26-42)66(70,71)72)62(92)77-47(35-39-15-7-5-8-16-39)63(93)83-33-13-21-49(83)57(87)79-51/h5-10,15-18,23-30,37-38,45-54H,11-14,19-22,31-36,73-74H2,1-4H3,(H,75,89)(H,76,90)(H,77,92)(H,78,91)(H,79,87)(H,80,88)(H,81,85)(H,82,86)/t45-,46-,47+,48+,49-,50-,51-,52-,53?,54?/m0/s1. The molecule has 94 heavy (non-hydrogen) atoms. The first kappa shape index (κ1) is 72.5. The summed E-state index contributed by atoms with van der Waals surface area (Å²) in [6.07, 6.45) is -9.58. The van der Waals surface area contributed by atoms with E-state index in [4.69, 9.17) is 11.5 Å². The second-order valence-electron chi connectivity index (χ2n) is 24.4. The zero-order chi connectivity index (χ0) is 68.6. The fraction of sp³-hybridized carbons (Fsp3) is 0.485. The summed E-state index contributed by atoms with van der Waals surface area (Å²) in [5.41, 5.74) is 10.3. The summed E-state index contributed by atoms with van der Waals surface area (Å²) in [6.45, 7) is 6.27. The number of benzene rings is 4. The van der Waals surface area contributed by atoms with E-state index in [2.05, 4.69) is 42.5 Å². The van der Waals surface area contributed by atoms with Crippen LogP contribution in [0.3, 0.4) is 0 Å². The number of nitrogens with two attached hydrogens (primary N) is 2. The Morgan fingerprint density at radius 2 is 0.745 bits per heavy atom. The van der Waals surface area contributed by atoms with Crippen LogP contribution in [0, 0.1) is 11.8 Å². The number of carbonyl (C=O) groups is 10. The zero-order valence-electron chi connectivity index (χ0n) is 52.6. The van der Waals surface area contributed by atoms with E-state index in [1.807, 2.05) is 0 Å². The third kappa shape index (κ3) is 19.1. The normalized spacial score (nSPS) is 24.9. The lowest BCUT2D eigenvalue weighted by atomic mass is 9.99. The molecular weight excluding hydrogens is 1230 g/mol. The Bertz CT molecular complexity index is 3090. The Morgan fingerprint density at radius 1 is 0.415 bits per heavy atom. The number of nitrogens with zero attached hydrogens (tertiary/aromatic N) is 2. The minimum Gasteiger partial charge on any atom is -0.343 e. The van der Waals surface area contributed by atoms with Crippen LogP contribution >= 0.6 is 0 Å². The van der Waals surface area contributed by atoms with Gasteiger partial charge in [0.2, 0.25) is 59.1 Å². The van der Waals surface area contributed by atoms with E-state index < -0.39 is 155 Å². The minimum absolute atomic E-state index is 0.00571. The predicted molar refractivity (Wildman–Crippen MR) is 332 cm³/mol. The van der Waals surface area contributed by atoms with E-state index in [1.165, 1.54) is 9.80 Å². The third-order valence-electron chi connectivity index (χ3n) is 16.9. The van der Waals surface area contributed by atoms with Gasteiger partial charge in [-0.25, -0.2) is 0 Å². The number of carbonyl (C=O) groups excluding carboxylic acids is 10. The van der Waals surface area contributed by atoms with Gasteiger partial charge in [0.25, 0.3) is 0 Å². The Balaban J connectivity index is 1.33. The van der Waals surface area contributed by atoms with Gasteiger partial charge in [-0.2, -0.15) is 26.3 Å². The van der Waals surface area contributed by atoms with Gasteiger partial charge in [0.15, 0.2) is 0 Å². The van der Waals surface area contributed by atoms with Crippen molar-refractivity contribution in [3.63, 3.8) is 0 Å². The molecule has 0 aliphatic carbocycles. The van der Waals surface area contributed by atoms with Crippen molar-refractivity contribution in [1.29, 1.82) is 0 Å². The van der Waals surface area contributed by atoms with E-state index >= 15 is 9.59 Å². The van der Waals surface area contributed by atoms with Gasteiger partial charge in [-0.05, 0) is 123 Å². The van der Waals surface area contributed by atoms with Crippen LogP contribution in [0.1, 0.15) is 125 Å². The summed E-state index contributed by atoms with van der Waals surface area (Å²) in [6, 6.07) is 8.15. The van der Waals surface area contributed by atoms with Gasteiger partial charge in [-0.3, -0.25) is 47.9 Å². The lowest BCUT2D eigenvalue weighted by molar-refractivity contribution is -0.143. The lowest BCUT2D eigenvalue weighted by Crippen LogP contribution is -2.61. The van der Waals surface area contributed by atoms with Gasteiger partial charge in [-0.1, -0.05) is 113 Å². The molecule has 0 spiro atoms. The molecule has 3 heterocycles. The maximum absolute atomic E-state index is 15.1. The highest BCUT2D eigenvalue weighted by molar-refractivity contribution is 6.00. The van der Waals surface area contributed by atoms with Gasteiger partial charge in [0.05, 0.1) is 11.1 Å². The van der Waals surface area contributed by atoms with E-state index in [9.17, 15) is 64.7 Å². The molecule has 3 aliphatic heterocycles. The monoisotopic (exact) mass is 1320 g/mol. The molecule has 3 fully saturated rings. The Labute approximate surface area is 540 Å². The lowest BCUT2D eigenvalue weighted by Gasteiger charge is -2.32. The van der Waals surface area contributed by atoms with Crippen molar-refractivity contribution in [3.8, 4) is 0 Å². The smallest absolute Gasteiger partial charge is 0.343 e. The average Bonchev–Trinajstić information content (AvgIpc) is 1.50. The van der Waals surface area contributed by atoms with Crippen molar-refractivity contribution in [2.45, 2.75) is 165 Å². The molecule has 508 valence electrons. The van der Waals surface area contributed by atoms with E-state index in [0.29, 0.717) is 35.4 Å². The number of rotatable bonds is 14. The second kappa shape index (κ2) is 32.8. The topological polar surface area (TPSA) is 325 Å². The summed E-state index contributed by atoms with van der Waals surface area (Å²) in [4.78, 5) is 150. The number of nitrogens with one attached hydrogen (secondary N) is 8. The van der Waals surface area contributed by atoms with Gasteiger partial charge in [0, 0.05) is 25.9 Å². The highest BCUT2D eigenvalue weighted by atomic mass is 19.4. The molecule has 0 radical (unpaired) electrons. The quantitative estimate of drug-likeness (QED) is 0.0804. The molecule has 2 unspecified atom stereocenters. The third-order valence-corrected chi connectivity index (χ3v) is 16.9. The van der Waals surface area contributed by atoms with Gasteiger partial charge in [-0.15, -0.1) is 0 Å². The largest absolute Gasteiger partial charge is 0.416 e. The molecule has 7 rings (SSSR count). The Morgan fingerprint density at radius 3 is 1.05 bits per heavy atom. The predicted octanol–water partition coefficient (Wildman–Crippen LogP) is 3.92. The van der Waals surface area contributed by atoms with E-state index in [-0.39, 0.29) is 102 Å². The zero-order valence-corrected chi connectivity index (χ0v) is 52.6. The average molecular weight is 1320 g/mol. The maximum atomic E-state index is 15.1. The van der Waals surface area contributed by atoms with Crippen molar-refractivity contribution in [2.24, 2.45) is 23.3 Å².